The molecule has 1 aliphatic heterocycles. The topological polar surface area (TPSA) is 27.1 Å². The molecule has 0 saturated carbocycles. The molecule has 0 amide bonds. The summed E-state index contributed by atoms with van der Waals surface area (Å²) in [7, 11) is 0. The summed E-state index contributed by atoms with van der Waals surface area (Å²) in [6, 6.07) is 3.98. The predicted molar refractivity (Wildman–Crippen MR) is 87.4 cm³/mol. The van der Waals surface area contributed by atoms with Gasteiger partial charge in [0.1, 0.15) is 0 Å². The number of fused-ring (bicyclic) bond motifs is 1. The molecule has 1 aromatic heterocycles. The number of hydrogen-bond acceptors (Lipinski definition) is 2. The summed E-state index contributed by atoms with van der Waals surface area (Å²) in [5.74, 6) is 0. The van der Waals surface area contributed by atoms with Gasteiger partial charge >= 0.3 is 0 Å². The first-order valence-corrected chi connectivity index (χ1v) is 8.29. The Morgan fingerprint density at radius 2 is 2.10 bits per heavy atom. The van der Waals surface area contributed by atoms with Crippen LogP contribution in [0.1, 0.15) is 45.0 Å². The molecule has 1 atom stereocenters. The van der Waals surface area contributed by atoms with E-state index in [9.17, 15) is 0 Å². The molecule has 110 valence electrons. The first kappa shape index (κ1) is 15.8. The molecule has 1 fully saturated rings. The van der Waals surface area contributed by atoms with Crippen LogP contribution in [0.2, 0.25) is 5.02 Å². The van der Waals surface area contributed by atoms with Gasteiger partial charge in [0.2, 0.25) is 0 Å². The maximum atomic E-state index is 6.18. The first-order chi connectivity index (χ1) is 9.66. The Bertz CT molecular complexity index is 591. The van der Waals surface area contributed by atoms with Crippen LogP contribution in [0, 0.1) is 6.92 Å². The van der Waals surface area contributed by atoms with E-state index in [4.69, 9.17) is 16.3 Å². The van der Waals surface area contributed by atoms with Gasteiger partial charge in [-0.15, -0.1) is 0 Å². The van der Waals surface area contributed by atoms with Crippen molar-refractivity contribution in [3.8, 4) is 0 Å². The zero-order chi connectivity index (χ0) is 14.7. The van der Waals surface area contributed by atoms with Crippen LogP contribution < -0.4 is 0 Å². The lowest BCUT2D eigenvalue weighted by Crippen LogP contribution is -2.19. The molecule has 3 nitrogen and oxygen atoms in total. The average molecular weight is 360 g/mol. The lowest BCUT2D eigenvalue weighted by molar-refractivity contribution is -0.0368. The Labute approximate surface area is 133 Å². The molecule has 0 aliphatic carbocycles. The Morgan fingerprint density at radius 3 is 2.75 bits per heavy atom. The third kappa shape index (κ3) is 3.02. The molecular formula is C15H20BrClN2O. The molecule has 3 rings (SSSR count). The third-order valence-corrected chi connectivity index (χ3v) is 4.56. The Morgan fingerprint density at radius 1 is 1.35 bits per heavy atom. The van der Waals surface area contributed by atoms with Crippen molar-refractivity contribution in [2.45, 2.75) is 46.3 Å². The number of benzene rings is 1. The fraction of sp³-hybridized carbons (Fsp3) is 0.533. The molecular weight excluding hydrogens is 340 g/mol. The summed E-state index contributed by atoms with van der Waals surface area (Å²) in [6.45, 7) is 6.83. The zero-order valence-corrected chi connectivity index (χ0v) is 14.5. The number of hydrogen-bond donors (Lipinski definition) is 0. The number of ether oxygens (including phenoxy) is 1. The highest BCUT2D eigenvalue weighted by atomic mass is 79.9. The van der Waals surface area contributed by atoms with Gasteiger partial charge in [-0.2, -0.15) is 5.10 Å². The summed E-state index contributed by atoms with van der Waals surface area (Å²) < 4.78 is 8.68. The van der Waals surface area contributed by atoms with Gasteiger partial charge in [-0.25, -0.2) is 4.68 Å². The molecule has 0 N–H and O–H groups in total. The predicted octanol–water partition coefficient (Wildman–Crippen LogP) is 5.49. The lowest BCUT2D eigenvalue weighted by Gasteiger charge is -2.23. The monoisotopic (exact) mass is 358 g/mol. The molecule has 2 aromatic rings. The number of halogens is 2. The fourth-order valence-electron chi connectivity index (χ4n) is 2.42. The first-order valence-electron chi connectivity index (χ1n) is 7.12. The zero-order valence-electron chi connectivity index (χ0n) is 12.1. The Kier molecular flexibility index (Phi) is 5.47. The normalized spacial score (nSPS) is 18.8. The standard InChI is InChI=1S/C13H14BrClN2O.C2H6/c1-8-9-6-10(14)11(15)7-12(9)17(16-8)13-4-2-3-5-18-13;1-2/h6-7,13H,2-5H2,1H3;1-2H3. The largest absolute Gasteiger partial charge is 0.356 e. The minimum absolute atomic E-state index is 0.0483. The van der Waals surface area contributed by atoms with Crippen LogP contribution in [0.5, 0.6) is 0 Å². The van der Waals surface area contributed by atoms with Crippen molar-refractivity contribution < 1.29 is 4.74 Å². The average Bonchev–Trinajstić information content (AvgIpc) is 2.80. The molecule has 5 heteroatoms. The molecule has 0 bridgehead atoms. The molecule has 20 heavy (non-hydrogen) atoms. The summed E-state index contributed by atoms with van der Waals surface area (Å²) in [4.78, 5) is 0. The van der Waals surface area contributed by atoms with Crippen LogP contribution in [0.25, 0.3) is 10.9 Å². The summed E-state index contributed by atoms with van der Waals surface area (Å²) in [6.07, 6.45) is 3.40. The molecule has 1 unspecified atom stereocenters. The number of rotatable bonds is 1. The Balaban J connectivity index is 0.000000704. The van der Waals surface area contributed by atoms with Crippen LogP contribution in [-0.2, 0) is 4.74 Å². The quantitative estimate of drug-likeness (QED) is 0.673. The van der Waals surface area contributed by atoms with E-state index in [1.165, 1.54) is 6.42 Å². The fourth-order valence-corrected chi connectivity index (χ4v) is 2.92. The van der Waals surface area contributed by atoms with Crippen molar-refractivity contribution in [3.05, 3.63) is 27.3 Å². The number of aryl methyl sites for hydroxylation is 1. The van der Waals surface area contributed by atoms with Gasteiger partial charge in [-0.3, -0.25) is 0 Å². The summed E-state index contributed by atoms with van der Waals surface area (Å²) >= 11 is 9.63. The highest BCUT2D eigenvalue weighted by Crippen LogP contribution is 2.33. The van der Waals surface area contributed by atoms with Crippen LogP contribution >= 0.6 is 27.5 Å². The van der Waals surface area contributed by atoms with Gasteiger partial charge in [-0.1, -0.05) is 25.4 Å². The van der Waals surface area contributed by atoms with E-state index >= 15 is 0 Å². The van der Waals surface area contributed by atoms with E-state index in [-0.39, 0.29) is 6.23 Å². The van der Waals surface area contributed by atoms with Gasteiger partial charge in [0.05, 0.1) is 16.2 Å². The van der Waals surface area contributed by atoms with E-state index in [2.05, 4.69) is 21.0 Å². The molecule has 0 radical (unpaired) electrons. The minimum atomic E-state index is 0.0483. The van der Waals surface area contributed by atoms with Crippen molar-refractivity contribution in [3.63, 3.8) is 0 Å². The lowest BCUT2D eigenvalue weighted by atomic mass is 10.2. The second-order valence-electron chi connectivity index (χ2n) is 4.63. The molecule has 1 aromatic carbocycles. The van der Waals surface area contributed by atoms with Crippen LogP contribution in [0.3, 0.4) is 0 Å². The van der Waals surface area contributed by atoms with Gasteiger partial charge < -0.3 is 4.74 Å². The summed E-state index contributed by atoms with van der Waals surface area (Å²) in [5.41, 5.74) is 2.06. The Hall–Kier alpha value is -0.580. The van der Waals surface area contributed by atoms with Crippen LogP contribution in [0.4, 0.5) is 0 Å². The van der Waals surface area contributed by atoms with Crippen molar-refractivity contribution in [1.29, 1.82) is 0 Å². The SMILES string of the molecule is CC.Cc1nn(C2CCCCO2)c2cc(Cl)c(Br)cc12. The van der Waals surface area contributed by atoms with Crippen LogP contribution in [-0.4, -0.2) is 16.4 Å². The smallest absolute Gasteiger partial charge is 0.150 e. The highest BCUT2D eigenvalue weighted by molar-refractivity contribution is 9.10. The van der Waals surface area contributed by atoms with Crippen molar-refractivity contribution in [1.82, 2.24) is 9.78 Å². The minimum Gasteiger partial charge on any atom is -0.356 e. The second kappa shape index (κ2) is 6.92. The number of aromatic nitrogens is 2. The molecule has 1 aliphatic rings. The van der Waals surface area contributed by atoms with E-state index in [0.29, 0.717) is 5.02 Å². The van der Waals surface area contributed by atoms with E-state index in [1.807, 2.05) is 37.6 Å². The van der Waals surface area contributed by atoms with Crippen LogP contribution in [0.15, 0.2) is 16.6 Å². The van der Waals surface area contributed by atoms with E-state index < -0.39 is 0 Å². The van der Waals surface area contributed by atoms with Gasteiger partial charge in [0.25, 0.3) is 0 Å². The molecule has 2 heterocycles. The van der Waals surface area contributed by atoms with Crippen molar-refractivity contribution >= 4 is 38.4 Å². The van der Waals surface area contributed by atoms with E-state index in [0.717, 1.165) is 40.5 Å². The molecule has 0 spiro atoms. The van der Waals surface area contributed by atoms with Gasteiger partial charge in [0.15, 0.2) is 6.23 Å². The summed E-state index contributed by atoms with van der Waals surface area (Å²) in [5, 5.41) is 6.44. The van der Waals surface area contributed by atoms with Crippen molar-refractivity contribution in [2.24, 2.45) is 0 Å². The van der Waals surface area contributed by atoms with Crippen molar-refractivity contribution in [2.75, 3.05) is 6.61 Å². The maximum absolute atomic E-state index is 6.18. The second-order valence-corrected chi connectivity index (χ2v) is 5.90. The molecule has 1 saturated heterocycles. The van der Waals surface area contributed by atoms with Gasteiger partial charge in [-0.05, 0) is 54.2 Å². The highest BCUT2D eigenvalue weighted by Gasteiger charge is 2.20. The maximum Gasteiger partial charge on any atom is 0.150 e. The van der Waals surface area contributed by atoms with E-state index in [1.54, 1.807) is 0 Å². The van der Waals surface area contributed by atoms with Gasteiger partial charge in [0, 0.05) is 16.5 Å². The number of nitrogens with zero attached hydrogens (tertiary/aromatic N) is 2. The third-order valence-electron chi connectivity index (χ3n) is 3.36.